The van der Waals surface area contributed by atoms with E-state index in [1.807, 2.05) is 23.6 Å². The van der Waals surface area contributed by atoms with Crippen molar-refractivity contribution in [2.45, 2.75) is 149 Å². The molecule has 4 saturated heterocycles. The van der Waals surface area contributed by atoms with Gasteiger partial charge in [-0.25, -0.2) is 8.78 Å². The van der Waals surface area contributed by atoms with Gasteiger partial charge in [-0.2, -0.15) is 9.97 Å². The zero-order valence-electron chi connectivity index (χ0n) is 41.6. The second-order valence-corrected chi connectivity index (χ2v) is 20.1. The van der Waals surface area contributed by atoms with E-state index in [1.54, 1.807) is 26.2 Å². The second kappa shape index (κ2) is 21.0. The lowest BCUT2D eigenvalue weighted by atomic mass is 9.75. The molecule has 1 saturated carbocycles. The summed E-state index contributed by atoms with van der Waals surface area (Å²) in [6.07, 6.45) is 11.6. The lowest BCUT2D eigenvalue weighted by molar-refractivity contribution is -0.0379. The Bertz CT molecular complexity index is 2390. The van der Waals surface area contributed by atoms with Crippen LogP contribution in [0, 0.1) is 36.8 Å². The largest absolute Gasteiger partial charge is 0.487 e. The summed E-state index contributed by atoms with van der Waals surface area (Å²) in [6, 6.07) is 7.66. The average molecular weight is 962 g/mol. The van der Waals surface area contributed by atoms with Gasteiger partial charge in [-0.15, -0.1) is 0 Å². The van der Waals surface area contributed by atoms with Gasteiger partial charge in [-0.3, -0.25) is 14.0 Å². The third kappa shape index (κ3) is 10.5. The van der Waals surface area contributed by atoms with Crippen molar-refractivity contribution in [3.63, 3.8) is 0 Å². The van der Waals surface area contributed by atoms with Crippen molar-refractivity contribution in [3.8, 4) is 5.75 Å². The number of anilines is 5. The Morgan fingerprint density at radius 2 is 1.35 bits per heavy atom. The molecule has 0 radical (unpaired) electrons. The van der Waals surface area contributed by atoms with Crippen LogP contribution in [-0.2, 0) is 22.5 Å². The Balaban J connectivity index is 0.000000186. The molecule has 9 rings (SSSR count). The molecule has 2 amide bonds. The van der Waals surface area contributed by atoms with Crippen LogP contribution < -0.4 is 30.1 Å². The standard InChI is InChI=1S/C26H34F2N4O3.C26H36FN3O4/c1-4-26(34-3)14-31(15-26)25-30-22(21(35-25)10-11-27)24(33)29-17-12-16(2)23(20(28)13-17)32-18-6-5-7-19(32)9-8-18;1-6-26(7-2)14-30(15-26)25-29-22(21(34-25)13-32-5)24(31)28-18-11-17(4)23(20(27)12-18)33-19-9-8-16(3)10-19/h12-13,18-19H,4-11,14-15H2,1-3H3,(H,29,33);11-12,16,19H,6-10,13-15H2,1-5H3,(H,28,31). The number of hydrogen-bond acceptors (Lipinski definition) is 12. The van der Waals surface area contributed by atoms with Crippen molar-refractivity contribution >= 4 is 40.9 Å². The zero-order chi connectivity index (χ0) is 49.2. The van der Waals surface area contributed by atoms with Crippen molar-refractivity contribution in [2.24, 2.45) is 11.3 Å². The summed E-state index contributed by atoms with van der Waals surface area (Å²) in [6.45, 7) is 14.6. The molecule has 2 N–H and O–H groups in total. The minimum atomic E-state index is -0.674. The number of alkyl halides is 1. The molecule has 17 heteroatoms. The Labute approximate surface area is 404 Å². The minimum absolute atomic E-state index is 0.0280. The highest BCUT2D eigenvalue weighted by molar-refractivity contribution is 6.04. The van der Waals surface area contributed by atoms with Crippen molar-refractivity contribution in [1.29, 1.82) is 0 Å². The molecule has 376 valence electrons. The van der Waals surface area contributed by atoms with Crippen molar-refractivity contribution < 1.29 is 45.8 Å². The van der Waals surface area contributed by atoms with Crippen LogP contribution in [0.1, 0.15) is 142 Å². The maximum Gasteiger partial charge on any atom is 0.298 e. The number of aryl methyl sites for hydroxylation is 3. The van der Waals surface area contributed by atoms with Gasteiger partial charge in [0.2, 0.25) is 0 Å². The number of piperidine rings is 1. The topological polar surface area (TPSA) is 148 Å². The number of carbonyl (C=O) groups excluding carboxylic acids is 2. The molecule has 2 aromatic heterocycles. The first-order valence-corrected chi connectivity index (χ1v) is 24.9. The van der Waals surface area contributed by atoms with E-state index in [9.17, 15) is 18.4 Å². The third-order valence-electron chi connectivity index (χ3n) is 15.4. The van der Waals surface area contributed by atoms with Crippen molar-refractivity contribution in [3.05, 3.63) is 69.9 Å². The molecule has 5 fully saturated rings. The molecule has 2 bridgehead atoms. The van der Waals surface area contributed by atoms with E-state index in [-0.39, 0.29) is 64.9 Å². The Kier molecular flexibility index (Phi) is 15.2. The molecule has 1 aliphatic carbocycles. The molecule has 4 aliphatic heterocycles. The van der Waals surface area contributed by atoms with Crippen LogP contribution in [0.2, 0.25) is 0 Å². The number of benzene rings is 2. The van der Waals surface area contributed by atoms with Gasteiger partial charge in [0.1, 0.15) is 23.8 Å². The first kappa shape index (κ1) is 50.1. The molecular weight excluding hydrogens is 892 g/mol. The summed E-state index contributed by atoms with van der Waals surface area (Å²) in [5.41, 5.74) is 2.97. The first-order valence-electron chi connectivity index (χ1n) is 24.9. The first-order chi connectivity index (χ1) is 33.1. The number of aromatic nitrogens is 2. The maximum absolute atomic E-state index is 15.3. The number of nitrogens with zero attached hydrogens (tertiary/aromatic N) is 5. The number of methoxy groups -OCH3 is 2. The number of ether oxygens (including phenoxy) is 3. The van der Waals surface area contributed by atoms with Gasteiger partial charge in [0.05, 0.1) is 31.6 Å². The Morgan fingerprint density at radius 3 is 1.87 bits per heavy atom. The highest BCUT2D eigenvalue weighted by Crippen LogP contribution is 2.43. The van der Waals surface area contributed by atoms with Crippen LogP contribution >= 0.6 is 0 Å². The molecule has 69 heavy (non-hydrogen) atoms. The second-order valence-electron chi connectivity index (χ2n) is 20.1. The lowest BCUT2D eigenvalue weighted by Crippen LogP contribution is -2.62. The van der Waals surface area contributed by atoms with Crippen LogP contribution in [-0.4, -0.2) is 92.6 Å². The quantitative estimate of drug-likeness (QED) is 0.104. The molecule has 6 heterocycles. The van der Waals surface area contributed by atoms with Gasteiger partial charge in [0.25, 0.3) is 23.8 Å². The van der Waals surface area contributed by atoms with Crippen molar-refractivity contribution in [2.75, 3.05) is 72.4 Å². The maximum atomic E-state index is 15.3. The summed E-state index contributed by atoms with van der Waals surface area (Å²) in [5, 5.41) is 5.51. The van der Waals surface area contributed by atoms with E-state index in [4.69, 9.17) is 23.0 Å². The van der Waals surface area contributed by atoms with Gasteiger partial charge >= 0.3 is 0 Å². The molecule has 4 aromatic rings. The number of amides is 2. The summed E-state index contributed by atoms with van der Waals surface area (Å²) in [5.74, 6) is -0.424. The normalized spacial score (nSPS) is 22.2. The van der Waals surface area contributed by atoms with Gasteiger partial charge in [-0.1, -0.05) is 27.7 Å². The van der Waals surface area contributed by atoms with E-state index < -0.39 is 24.3 Å². The lowest BCUT2D eigenvalue weighted by Gasteiger charge is -2.48. The van der Waals surface area contributed by atoms with E-state index in [2.05, 4.69) is 46.3 Å². The van der Waals surface area contributed by atoms with Gasteiger partial charge in [-0.05, 0) is 120 Å². The number of oxazole rings is 2. The fourth-order valence-corrected chi connectivity index (χ4v) is 11.0. The summed E-state index contributed by atoms with van der Waals surface area (Å²) in [7, 11) is 3.21. The average Bonchev–Trinajstić information content (AvgIpc) is 4.07. The summed E-state index contributed by atoms with van der Waals surface area (Å²) >= 11 is 0. The SMILES string of the molecule is CCC1(CC)CN(c2nc(C(=O)Nc3cc(C)c(OC4CCC(C)C4)c(F)c3)c(COC)o2)C1.CCC1(OC)CN(c2nc(C(=O)Nc3cc(C)c(N4C5CCCC4CC5)c(F)c3)c(CCF)o2)C1. The van der Waals surface area contributed by atoms with E-state index in [1.165, 1.54) is 25.7 Å². The number of carbonyl (C=O) groups is 2. The molecular formula is C52H70F3N7O7. The van der Waals surface area contributed by atoms with Gasteiger partial charge in [0, 0.05) is 68.7 Å². The number of nitrogens with one attached hydrogen (secondary N) is 2. The van der Waals surface area contributed by atoms with E-state index >= 15 is 4.39 Å². The van der Waals surface area contributed by atoms with E-state index in [0.717, 1.165) is 82.9 Å². The monoisotopic (exact) mass is 962 g/mol. The fourth-order valence-electron chi connectivity index (χ4n) is 11.0. The molecule has 2 aromatic carbocycles. The van der Waals surface area contributed by atoms with Crippen LogP contribution in [0.25, 0.3) is 0 Å². The van der Waals surface area contributed by atoms with Crippen LogP contribution in [0.15, 0.2) is 33.1 Å². The molecule has 0 spiro atoms. The highest BCUT2D eigenvalue weighted by Gasteiger charge is 2.45. The summed E-state index contributed by atoms with van der Waals surface area (Å²) in [4.78, 5) is 41.1. The van der Waals surface area contributed by atoms with Crippen LogP contribution in [0.3, 0.4) is 0 Å². The number of rotatable bonds is 17. The zero-order valence-corrected chi connectivity index (χ0v) is 41.6. The van der Waals surface area contributed by atoms with Crippen LogP contribution in [0.5, 0.6) is 5.75 Å². The highest BCUT2D eigenvalue weighted by atomic mass is 19.1. The number of hydrogen-bond donors (Lipinski definition) is 2. The Hall–Kier alpha value is -5.29. The molecule has 4 atom stereocenters. The smallest absolute Gasteiger partial charge is 0.298 e. The predicted molar refractivity (Wildman–Crippen MR) is 260 cm³/mol. The Morgan fingerprint density at radius 1 is 0.768 bits per heavy atom. The predicted octanol–water partition coefficient (Wildman–Crippen LogP) is 10.7. The fraction of sp³-hybridized carbons (Fsp3) is 0.615. The molecule has 14 nitrogen and oxygen atoms in total. The number of halogens is 3. The molecule has 5 aliphatic rings. The van der Waals surface area contributed by atoms with E-state index in [0.29, 0.717) is 65.5 Å². The number of fused-ring (bicyclic) bond motifs is 2. The summed E-state index contributed by atoms with van der Waals surface area (Å²) < 4.78 is 71.8. The van der Waals surface area contributed by atoms with Crippen molar-refractivity contribution in [1.82, 2.24) is 9.97 Å². The third-order valence-corrected chi connectivity index (χ3v) is 15.4. The van der Waals surface area contributed by atoms with Gasteiger partial charge < -0.3 is 48.4 Å². The minimum Gasteiger partial charge on any atom is -0.487 e. The van der Waals surface area contributed by atoms with Gasteiger partial charge in [0.15, 0.2) is 28.7 Å². The van der Waals surface area contributed by atoms with Crippen LogP contribution in [0.4, 0.5) is 42.3 Å². The molecule has 4 unspecified atom stereocenters.